The average Bonchev–Trinajstić information content (AvgIpc) is 3.24. The van der Waals surface area contributed by atoms with E-state index >= 15 is 0 Å². The van der Waals surface area contributed by atoms with Crippen LogP contribution in [0.25, 0.3) is 10.8 Å². The summed E-state index contributed by atoms with van der Waals surface area (Å²) in [6.45, 7) is 0.784. The van der Waals surface area contributed by atoms with Crippen molar-refractivity contribution in [2.24, 2.45) is 0 Å². The normalized spacial score (nSPS) is 15.5. The van der Waals surface area contributed by atoms with Crippen LogP contribution in [0.3, 0.4) is 0 Å². The standard InChI is InChI=1S/C22H23NO5S/c24-22(15-28-19-8-7-17-4-1-2-5-18(17)14-19)23-11-9-21(10-12-23)29(25,26)16-20-6-3-13-27-20/h1-8,13-14,21H,9-12,15-16H2. The number of likely N-dealkylation sites (tertiary alicyclic amines) is 1. The predicted molar refractivity (Wildman–Crippen MR) is 110 cm³/mol. The fourth-order valence-corrected chi connectivity index (χ4v) is 5.39. The van der Waals surface area contributed by atoms with Crippen molar-refractivity contribution in [1.29, 1.82) is 0 Å². The number of ether oxygens (including phenoxy) is 1. The number of hydrogen-bond donors (Lipinski definition) is 0. The molecule has 1 fully saturated rings. The van der Waals surface area contributed by atoms with Gasteiger partial charge in [0.25, 0.3) is 5.91 Å². The third-order valence-electron chi connectivity index (χ3n) is 5.31. The zero-order valence-electron chi connectivity index (χ0n) is 16.0. The summed E-state index contributed by atoms with van der Waals surface area (Å²) in [5.74, 6) is 0.879. The Kier molecular flexibility index (Phi) is 5.58. The summed E-state index contributed by atoms with van der Waals surface area (Å²) < 4.78 is 35.9. The van der Waals surface area contributed by atoms with Crippen LogP contribution in [0, 0.1) is 0 Å². The highest BCUT2D eigenvalue weighted by Crippen LogP contribution is 2.23. The van der Waals surface area contributed by atoms with Gasteiger partial charge < -0.3 is 14.1 Å². The van der Waals surface area contributed by atoms with Crippen LogP contribution in [0.2, 0.25) is 0 Å². The molecule has 7 heteroatoms. The number of sulfone groups is 1. The van der Waals surface area contributed by atoms with Crippen molar-refractivity contribution >= 4 is 26.5 Å². The number of carbonyl (C=O) groups is 1. The summed E-state index contributed by atoms with van der Waals surface area (Å²) >= 11 is 0. The maximum Gasteiger partial charge on any atom is 0.260 e. The molecule has 29 heavy (non-hydrogen) atoms. The number of carbonyl (C=O) groups excluding carboxylic acids is 1. The monoisotopic (exact) mass is 413 g/mol. The molecule has 4 rings (SSSR count). The molecule has 1 aliphatic heterocycles. The first-order valence-corrected chi connectivity index (χ1v) is 11.4. The zero-order chi connectivity index (χ0) is 20.3. The van der Waals surface area contributed by atoms with E-state index in [1.165, 1.54) is 6.26 Å². The van der Waals surface area contributed by atoms with Gasteiger partial charge in [0.05, 0.1) is 11.5 Å². The minimum atomic E-state index is -3.29. The maximum absolute atomic E-state index is 12.6. The Balaban J connectivity index is 1.29. The summed E-state index contributed by atoms with van der Waals surface area (Å²) in [6.07, 6.45) is 2.34. The maximum atomic E-state index is 12.6. The molecule has 0 spiro atoms. The Hall–Kier alpha value is -2.80. The van der Waals surface area contributed by atoms with Crippen LogP contribution >= 0.6 is 0 Å². The number of piperidine rings is 1. The van der Waals surface area contributed by atoms with E-state index in [9.17, 15) is 13.2 Å². The van der Waals surface area contributed by atoms with E-state index in [1.54, 1.807) is 17.0 Å². The third kappa shape index (κ3) is 4.62. The second kappa shape index (κ2) is 8.29. The molecule has 0 N–H and O–H groups in total. The molecule has 2 aromatic carbocycles. The molecule has 152 valence electrons. The molecule has 0 saturated carbocycles. The number of nitrogens with zero attached hydrogens (tertiary/aromatic N) is 1. The SMILES string of the molecule is O=C(COc1ccc2ccccc2c1)N1CCC(S(=O)(=O)Cc2ccco2)CC1. The molecular formula is C22H23NO5S. The fourth-order valence-electron chi connectivity index (χ4n) is 3.67. The van der Waals surface area contributed by atoms with Crippen molar-refractivity contribution in [2.45, 2.75) is 23.8 Å². The summed E-state index contributed by atoms with van der Waals surface area (Å²) in [4.78, 5) is 14.2. The predicted octanol–water partition coefficient (Wildman–Crippen LogP) is 3.42. The van der Waals surface area contributed by atoms with Crippen molar-refractivity contribution < 1.29 is 22.4 Å². The number of fused-ring (bicyclic) bond motifs is 1. The number of amides is 1. The highest BCUT2D eigenvalue weighted by atomic mass is 32.2. The molecular weight excluding hydrogens is 390 g/mol. The first-order chi connectivity index (χ1) is 14.0. The highest BCUT2D eigenvalue weighted by molar-refractivity contribution is 7.91. The van der Waals surface area contributed by atoms with Crippen LogP contribution in [-0.4, -0.2) is 44.2 Å². The molecule has 0 unspecified atom stereocenters. The molecule has 0 aliphatic carbocycles. The van der Waals surface area contributed by atoms with Gasteiger partial charge in [-0.15, -0.1) is 0 Å². The first-order valence-electron chi connectivity index (χ1n) is 9.64. The molecule has 0 atom stereocenters. The van der Waals surface area contributed by atoms with Gasteiger partial charge in [-0.2, -0.15) is 0 Å². The largest absolute Gasteiger partial charge is 0.484 e. The molecule has 1 saturated heterocycles. The van der Waals surface area contributed by atoms with Crippen LogP contribution in [0.15, 0.2) is 65.3 Å². The Bertz CT molecular complexity index is 1080. The van der Waals surface area contributed by atoms with Crippen molar-refractivity contribution in [1.82, 2.24) is 4.90 Å². The second-order valence-electron chi connectivity index (χ2n) is 7.26. The number of furan rings is 1. The lowest BCUT2D eigenvalue weighted by atomic mass is 10.1. The molecule has 0 bridgehead atoms. The Morgan fingerprint density at radius 1 is 1.03 bits per heavy atom. The molecule has 6 nitrogen and oxygen atoms in total. The molecule has 1 aliphatic rings. The van der Waals surface area contributed by atoms with Crippen molar-refractivity contribution in [2.75, 3.05) is 19.7 Å². The van der Waals surface area contributed by atoms with Crippen LogP contribution in [0.5, 0.6) is 5.75 Å². The minimum Gasteiger partial charge on any atom is -0.484 e. The van der Waals surface area contributed by atoms with Gasteiger partial charge in [0.15, 0.2) is 16.4 Å². The van der Waals surface area contributed by atoms with Crippen LogP contribution < -0.4 is 4.74 Å². The van der Waals surface area contributed by atoms with Gasteiger partial charge in [-0.25, -0.2) is 8.42 Å². The van der Waals surface area contributed by atoms with E-state index in [0.29, 0.717) is 37.4 Å². The summed E-state index contributed by atoms with van der Waals surface area (Å²) in [6, 6.07) is 17.0. The molecule has 1 amide bonds. The lowest BCUT2D eigenvalue weighted by Crippen LogP contribution is -2.44. The average molecular weight is 413 g/mol. The van der Waals surface area contributed by atoms with Gasteiger partial charge in [0.1, 0.15) is 17.3 Å². The number of rotatable bonds is 6. The van der Waals surface area contributed by atoms with Crippen LogP contribution in [0.1, 0.15) is 18.6 Å². The summed E-state index contributed by atoms with van der Waals surface area (Å²) in [7, 11) is -3.29. The minimum absolute atomic E-state index is 0.0534. The first kappa shape index (κ1) is 19.5. The quantitative estimate of drug-likeness (QED) is 0.619. The van der Waals surface area contributed by atoms with Crippen LogP contribution in [0.4, 0.5) is 0 Å². The van der Waals surface area contributed by atoms with E-state index in [-0.39, 0.29) is 18.3 Å². The Morgan fingerprint density at radius 3 is 2.52 bits per heavy atom. The van der Waals surface area contributed by atoms with E-state index in [2.05, 4.69) is 0 Å². The van der Waals surface area contributed by atoms with Gasteiger partial charge in [-0.05, 0) is 47.9 Å². The van der Waals surface area contributed by atoms with Crippen molar-refractivity contribution in [3.05, 3.63) is 66.6 Å². The fraction of sp³-hybridized carbons (Fsp3) is 0.318. The smallest absolute Gasteiger partial charge is 0.260 e. The topological polar surface area (TPSA) is 76.8 Å². The van der Waals surface area contributed by atoms with E-state index in [1.807, 2.05) is 42.5 Å². The van der Waals surface area contributed by atoms with Gasteiger partial charge in [0.2, 0.25) is 0 Å². The van der Waals surface area contributed by atoms with Crippen LogP contribution in [-0.2, 0) is 20.4 Å². The van der Waals surface area contributed by atoms with Crippen molar-refractivity contribution in [3.63, 3.8) is 0 Å². The van der Waals surface area contributed by atoms with Gasteiger partial charge in [0, 0.05) is 13.1 Å². The summed E-state index contributed by atoms with van der Waals surface area (Å²) in [5.41, 5.74) is 0. The van der Waals surface area contributed by atoms with E-state index in [4.69, 9.17) is 9.15 Å². The summed E-state index contributed by atoms with van der Waals surface area (Å²) in [5, 5.41) is 1.72. The third-order valence-corrected chi connectivity index (χ3v) is 7.48. The van der Waals surface area contributed by atoms with Gasteiger partial charge in [-0.3, -0.25) is 4.79 Å². The molecule has 3 aromatic rings. The van der Waals surface area contributed by atoms with E-state index in [0.717, 1.165) is 10.8 Å². The Morgan fingerprint density at radius 2 is 1.79 bits per heavy atom. The lowest BCUT2D eigenvalue weighted by molar-refractivity contribution is -0.134. The zero-order valence-corrected chi connectivity index (χ0v) is 16.8. The number of benzene rings is 2. The molecule has 0 radical (unpaired) electrons. The van der Waals surface area contributed by atoms with Gasteiger partial charge >= 0.3 is 0 Å². The Labute approximate surface area is 170 Å². The molecule has 1 aromatic heterocycles. The van der Waals surface area contributed by atoms with Gasteiger partial charge in [-0.1, -0.05) is 30.3 Å². The number of hydrogen-bond acceptors (Lipinski definition) is 5. The molecule has 2 heterocycles. The second-order valence-corrected chi connectivity index (χ2v) is 9.55. The lowest BCUT2D eigenvalue weighted by Gasteiger charge is -2.31. The highest BCUT2D eigenvalue weighted by Gasteiger charge is 2.32. The van der Waals surface area contributed by atoms with Crippen molar-refractivity contribution in [3.8, 4) is 5.75 Å². The van der Waals surface area contributed by atoms with E-state index < -0.39 is 15.1 Å².